The molecule has 6 atom stereocenters. The predicted molar refractivity (Wildman–Crippen MR) is 95.0 cm³/mol. The fraction of sp³-hybridized carbons (Fsp3) is 0.455. The van der Waals surface area contributed by atoms with Gasteiger partial charge in [-0.05, 0) is 0 Å². The monoisotopic (exact) mass is 508 g/mol. The molecule has 0 saturated carbocycles. The molecule has 0 amide bonds. The summed E-state index contributed by atoms with van der Waals surface area (Å²) < 4.78 is 50.7. The Labute approximate surface area is 171 Å². The summed E-state index contributed by atoms with van der Waals surface area (Å²) >= 11 is 0. The molecule has 2 rings (SSSR count). The van der Waals surface area contributed by atoms with Gasteiger partial charge in [-0.3, -0.25) is 18.9 Å². The smallest absolute Gasteiger partial charge is 0.387 e. The molecule has 0 bridgehead atoms. The van der Waals surface area contributed by atoms with E-state index in [1.165, 1.54) is 0 Å². The zero-order valence-electron chi connectivity index (χ0n) is 14.8. The van der Waals surface area contributed by atoms with Gasteiger partial charge in [0.05, 0.1) is 6.61 Å². The molecule has 1 aromatic rings. The third-order valence-corrected chi connectivity index (χ3v) is 7.36. The minimum atomic E-state index is -5.76. The fourth-order valence-electron chi connectivity index (χ4n) is 2.34. The van der Waals surface area contributed by atoms with E-state index in [1.54, 1.807) is 0 Å². The topological polar surface area (TPSA) is 264 Å². The lowest BCUT2D eigenvalue weighted by atomic mass is 10.1. The van der Waals surface area contributed by atoms with Gasteiger partial charge in [0, 0.05) is 6.20 Å². The van der Waals surface area contributed by atoms with Crippen molar-refractivity contribution in [2.45, 2.75) is 24.5 Å². The summed E-state index contributed by atoms with van der Waals surface area (Å²) in [4.78, 5) is 60.7. The van der Waals surface area contributed by atoms with Crippen LogP contribution in [0.25, 0.3) is 0 Å². The molecule has 0 spiro atoms. The number of aliphatic hydroxyl groups excluding tert-OH is 2. The van der Waals surface area contributed by atoms with E-state index in [2.05, 4.69) is 13.1 Å². The van der Waals surface area contributed by atoms with Crippen molar-refractivity contribution in [3.8, 4) is 12.3 Å². The van der Waals surface area contributed by atoms with Crippen LogP contribution in [-0.2, 0) is 31.6 Å². The van der Waals surface area contributed by atoms with E-state index in [0.717, 1.165) is 6.20 Å². The van der Waals surface area contributed by atoms with E-state index in [9.17, 15) is 38.4 Å². The molecule has 31 heavy (non-hydrogen) atoms. The molecule has 1 aromatic heterocycles. The molecule has 4 unspecified atom stereocenters. The molecule has 1 aliphatic rings. The van der Waals surface area contributed by atoms with Gasteiger partial charge in [-0.15, -0.1) is 6.42 Å². The first-order valence-electron chi connectivity index (χ1n) is 7.67. The van der Waals surface area contributed by atoms with Gasteiger partial charge in [-0.2, -0.15) is 8.62 Å². The van der Waals surface area contributed by atoms with Gasteiger partial charge in [0.25, 0.3) is 5.56 Å². The molecule has 7 N–H and O–H groups in total. The number of hydrogen-bond donors (Lipinski definition) is 7. The molecule has 2 heterocycles. The Balaban J connectivity index is 2.13. The molecule has 174 valence electrons. The van der Waals surface area contributed by atoms with Gasteiger partial charge in [-0.1, -0.05) is 5.92 Å². The molecular weight excluding hydrogens is 493 g/mol. The van der Waals surface area contributed by atoms with Crippen LogP contribution in [0.3, 0.4) is 0 Å². The number of aromatic nitrogens is 2. The van der Waals surface area contributed by atoms with E-state index < -0.39 is 65.9 Å². The highest BCUT2D eigenvalue weighted by molar-refractivity contribution is 7.66. The molecular formula is C11H15N2O15P3. The van der Waals surface area contributed by atoms with Gasteiger partial charge in [-0.25, -0.2) is 18.5 Å². The van der Waals surface area contributed by atoms with Crippen molar-refractivity contribution < 1.29 is 61.4 Å². The van der Waals surface area contributed by atoms with Gasteiger partial charge in [0.1, 0.15) is 23.9 Å². The Hall–Kier alpha value is -1.47. The number of nitrogens with zero attached hydrogens (tertiary/aromatic N) is 1. The Bertz CT molecular complexity index is 1130. The van der Waals surface area contributed by atoms with E-state index in [0.29, 0.717) is 4.57 Å². The minimum absolute atomic E-state index is 0.318. The highest BCUT2D eigenvalue weighted by atomic mass is 31.3. The van der Waals surface area contributed by atoms with Crippen LogP contribution in [0.4, 0.5) is 0 Å². The minimum Gasteiger partial charge on any atom is -0.387 e. The maximum atomic E-state index is 11.9. The van der Waals surface area contributed by atoms with Crippen LogP contribution in [0, 0.1) is 12.3 Å². The highest BCUT2D eigenvalue weighted by Crippen LogP contribution is 2.66. The van der Waals surface area contributed by atoms with Crippen LogP contribution < -0.4 is 11.2 Å². The van der Waals surface area contributed by atoms with Crippen LogP contribution in [0.1, 0.15) is 11.8 Å². The highest BCUT2D eigenvalue weighted by Gasteiger charge is 2.46. The number of phosphoric acid groups is 3. The van der Waals surface area contributed by atoms with Crippen molar-refractivity contribution >= 4 is 23.5 Å². The van der Waals surface area contributed by atoms with E-state index >= 15 is 0 Å². The Kier molecular flexibility index (Phi) is 7.64. The van der Waals surface area contributed by atoms with Gasteiger partial charge in [0.15, 0.2) is 6.23 Å². The number of aliphatic hydroxyl groups is 2. The zero-order valence-corrected chi connectivity index (χ0v) is 17.5. The molecule has 20 heteroatoms. The van der Waals surface area contributed by atoms with E-state index in [-0.39, 0.29) is 5.56 Å². The van der Waals surface area contributed by atoms with E-state index in [4.69, 9.17) is 25.8 Å². The third-order valence-electron chi connectivity index (χ3n) is 3.55. The number of nitrogens with one attached hydrogen (secondary N) is 1. The van der Waals surface area contributed by atoms with Crippen LogP contribution in [0.2, 0.25) is 0 Å². The zero-order chi connectivity index (χ0) is 23.8. The summed E-state index contributed by atoms with van der Waals surface area (Å²) in [7, 11) is -16.9. The molecule has 0 aliphatic carbocycles. The SMILES string of the molecule is C#Cc1cn([C@@H]2O[C@H](COP(=O)(O)OP(=O)(O)OP(=O)(O)O)C(O)C2O)c(=O)[nH]c1=O. The van der Waals surface area contributed by atoms with Crippen LogP contribution in [0.15, 0.2) is 15.8 Å². The summed E-state index contributed by atoms with van der Waals surface area (Å²) in [6, 6.07) is 0. The average Bonchev–Trinajstić information content (AvgIpc) is 2.85. The maximum Gasteiger partial charge on any atom is 0.490 e. The first-order valence-corrected chi connectivity index (χ1v) is 12.2. The second-order valence-electron chi connectivity index (χ2n) is 5.79. The second kappa shape index (κ2) is 9.18. The maximum absolute atomic E-state index is 11.9. The van der Waals surface area contributed by atoms with Crippen LogP contribution in [0.5, 0.6) is 0 Å². The number of H-pyrrole nitrogens is 1. The Morgan fingerprint density at radius 3 is 2.26 bits per heavy atom. The first kappa shape index (κ1) is 25.8. The summed E-state index contributed by atoms with van der Waals surface area (Å²) in [6.07, 6.45) is -0.975. The summed E-state index contributed by atoms with van der Waals surface area (Å²) in [5.41, 5.74) is -2.30. The number of terminal acetylenes is 1. The van der Waals surface area contributed by atoms with Gasteiger partial charge < -0.3 is 34.5 Å². The quantitative estimate of drug-likeness (QED) is 0.141. The van der Waals surface area contributed by atoms with E-state index in [1.807, 2.05) is 10.9 Å². The number of phosphoric ester groups is 1. The molecule has 1 aliphatic heterocycles. The fourth-order valence-corrected chi connectivity index (χ4v) is 5.37. The molecule has 0 radical (unpaired) electrons. The van der Waals surface area contributed by atoms with Crippen molar-refractivity contribution in [1.29, 1.82) is 0 Å². The largest absolute Gasteiger partial charge is 0.490 e. The lowest BCUT2D eigenvalue weighted by Crippen LogP contribution is -2.38. The predicted octanol–water partition coefficient (Wildman–Crippen LogP) is -2.52. The van der Waals surface area contributed by atoms with Gasteiger partial charge in [0.2, 0.25) is 0 Å². The normalized spacial score (nSPS) is 27.9. The van der Waals surface area contributed by atoms with Gasteiger partial charge >= 0.3 is 29.2 Å². The third kappa shape index (κ3) is 6.75. The lowest BCUT2D eigenvalue weighted by Gasteiger charge is -2.19. The number of hydrogen-bond acceptors (Lipinski definition) is 11. The summed E-state index contributed by atoms with van der Waals surface area (Å²) in [6.45, 7) is -1.08. The molecule has 0 aromatic carbocycles. The summed E-state index contributed by atoms with van der Waals surface area (Å²) in [5, 5.41) is 20.1. The lowest BCUT2D eigenvalue weighted by molar-refractivity contribution is -0.0542. The van der Waals surface area contributed by atoms with Crippen LogP contribution >= 0.6 is 23.5 Å². The second-order valence-corrected chi connectivity index (χ2v) is 10.2. The number of aromatic amines is 1. The Morgan fingerprint density at radius 2 is 1.71 bits per heavy atom. The molecule has 1 saturated heterocycles. The van der Waals surface area contributed by atoms with Crippen molar-refractivity contribution in [3.05, 3.63) is 32.6 Å². The van der Waals surface area contributed by atoms with Crippen molar-refractivity contribution in [2.24, 2.45) is 0 Å². The van der Waals surface area contributed by atoms with Crippen molar-refractivity contribution in [3.63, 3.8) is 0 Å². The molecule has 1 fully saturated rings. The standard InChI is InChI=1S/C11H15N2O15P3/c1-2-5-3-13(11(17)12-9(5)16)10-8(15)7(14)6(26-10)4-25-30(21,22)28-31(23,24)27-29(18,19)20/h1,3,6-8,10,14-15H,4H2,(H,21,22)(H,23,24)(H,12,16,17)(H2,18,19,20)/t6-,7?,8?,10-/m1/s1. The number of ether oxygens (including phenoxy) is 1. The Morgan fingerprint density at radius 1 is 1.10 bits per heavy atom. The molecule has 17 nitrogen and oxygen atoms in total. The van der Waals surface area contributed by atoms with Crippen molar-refractivity contribution in [1.82, 2.24) is 9.55 Å². The summed E-state index contributed by atoms with van der Waals surface area (Å²) in [5.74, 6) is 1.97. The number of rotatable bonds is 8. The first-order chi connectivity index (χ1) is 14.1. The average molecular weight is 508 g/mol. The van der Waals surface area contributed by atoms with Crippen LogP contribution in [-0.4, -0.2) is 64.3 Å². The van der Waals surface area contributed by atoms with Crippen molar-refractivity contribution in [2.75, 3.05) is 6.61 Å².